The van der Waals surface area contributed by atoms with Gasteiger partial charge in [-0.2, -0.15) is 10.1 Å². The molecule has 4 rings (SSSR count). The second kappa shape index (κ2) is 13.1. The van der Waals surface area contributed by atoms with Crippen LogP contribution in [0.15, 0.2) is 41.6 Å². The SMILES string of the molecule is CCN(CC)c1ncc(-c2c(C)nn(C)c2C)c(N[C@@H](Cc2ccc(-c3c(OC)ncn(C(C)C)c3=O)cc2)C(=O)O)n1. The molecule has 4 aromatic rings. The number of nitrogens with one attached hydrogen (secondary N) is 1. The molecule has 3 heterocycles. The summed E-state index contributed by atoms with van der Waals surface area (Å²) < 4.78 is 8.72. The second-order valence-corrected chi connectivity index (χ2v) is 10.6. The van der Waals surface area contributed by atoms with Crippen molar-refractivity contribution < 1.29 is 14.6 Å². The van der Waals surface area contributed by atoms with Gasteiger partial charge in [-0.3, -0.25) is 14.0 Å². The van der Waals surface area contributed by atoms with Gasteiger partial charge in [0.2, 0.25) is 11.8 Å². The third-order valence-electron chi connectivity index (χ3n) is 7.60. The molecule has 1 atom stereocenters. The molecule has 0 radical (unpaired) electrons. The predicted molar refractivity (Wildman–Crippen MR) is 167 cm³/mol. The van der Waals surface area contributed by atoms with Crippen LogP contribution in [0.1, 0.15) is 50.7 Å². The highest BCUT2D eigenvalue weighted by Gasteiger charge is 2.25. The fourth-order valence-electron chi connectivity index (χ4n) is 5.12. The Morgan fingerprint density at radius 2 is 1.77 bits per heavy atom. The van der Waals surface area contributed by atoms with Crippen LogP contribution >= 0.6 is 0 Å². The Labute approximate surface area is 251 Å². The summed E-state index contributed by atoms with van der Waals surface area (Å²) in [6.07, 6.45) is 3.39. The minimum Gasteiger partial charge on any atom is -0.480 e. The van der Waals surface area contributed by atoms with Crippen LogP contribution < -0.4 is 20.5 Å². The summed E-state index contributed by atoms with van der Waals surface area (Å²) in [5.41, 5.74) is 4.82. The molecule has 43 heavy (non-hydrogen) atoms. The minimum absolute atomic E-state index is 0.0699. The number of ether oxygens (including phenoxy) is 1. The molecular formula is C31H40N8O4. The molecule has 0 amide bonds. The van der Waals surface area contributed by atoms with E-state index in [9.17, 15) is 14.7 Å². The van der Waals surface area contributed by atoms with Crippen LogP contribution in [-0.4, -0.2) is 66.6 Å². The maximum atomic E-state index is 13.2. The molecule has 0 aliphatic carbocycles. The van der Waals surface area contributed by atoms with Gasteiger partial charge in [0, 0.05) is 55.6 Å². The van der Waals surface area contributed by atoms with E-state index in [1.54, 1.807) is 27.6 Å². The van der Waals surface area contributed by atoms with Crippen molar-refractivity contribution in [2.45, 2.75) is 60.0 Å². The number of carboxylic acid groups (broad SMARTS) is 1. The van der Waals surface area contributed by atoms with Crippen LogP contribution in [-0.2, 0) is 18.3 Å². The average molecular weight is 589 g/mol. The number of hydrogen-bond donors (Lipinski definition) is 2. The van der Waals surface area contributed by atoms with Crippen LogP contribution in [0, 0.1) is 13.8 Å². The largest absolute Gasteiger partial charge is 0.480 e. The molecule has 0 aliphatic rings. The summed E-state index contributed by atoms with van der Waals surface area (Å²) in [7, 11) is 3.34. The first-order chi connectivity index (χ1) is 20.5. The molecule has 0 aliphatic heterocycles. The van der Waals surface area contributed by atoms with Crippen LogP contribution in [0.25, 0.3) is 22.3 Å². The Kier molecular flexibility index (Phi) is 9.47. The average Bonchev–Trinajstić information content (AvgIpc) is 3.23. The topological polar surface area (TPSA) is 140 Å². The van der Waals surface area contributed by atoms with Crippen LogP contribution in [0.3, 0.4) is 0 Å². The van der Waals surface area contributed by atoms with Gasteiger partial charge in [0.25, 0.3) is 5.56 Å². The van der Waals surface area contributed by atoms with Gasteiger partial charge < -0.3 is 20.1 Å². The molecule has 0 saturated heterocycles. The Morgan fingerprint density at radius 1 is 1.09 bits per heavy atom. The monoisotopic (exact) mass is 588 g/mol. The zero-order valence-electron chi connectivity index (χ0n) is 26.0. The number of hydrogen-bond acceptors (Lipinski definition) is 9. The minimum atomic E-state index is -1.02. The molecule has 12 nitrogen and oxygen atoms in total. The van der Waals surface area contributed by atoms with Crippen molar-refractivity contribution in [3.63, 3.8) is 0 Å². The van der Waals surface area contributed by atoms with Gasteiger partial charge >= 0.3 is 5.97 Å². The number of aliphatic carboxylic acids is 1. The van der Waals surface area contributed by atoms with Gasteiger partial charge in [-0.25, -0.2) is 14.8 Å². The lowest BCUT2D eigenvalue weighted by molar-refractivity contribution is -0.137. The molecule has 0 bridgehead atoms. The number of aryl methyl sites for hydroxylation is 2. The maximum Gasteiger partial charge on any atom is 0.326 e. The highest BCUT2D eigenvalue weighted by atomic mass is 16.5. The van der Waals surface area contributed by atoms with E-state index in [-0.39, 0.29) is 23.9 Å². The lowest BCUT2D eigenvalue weighted by Crippen LogP contribution is -2.33. The lowest BCUT2D eigenvalue weighted by Gasteiger charge is -2.22. The number of aromatic nitrogens is 6. The van der Waals surface area contributed by atoms with E-state index in [4.69, 9.17) is 9.72 Å². The van der Waals surface area contributed by atoms with Gasteiger partial charge in [-0.05, 0) is 52.7 Å². The summed E-state index contributed by atoms with van der Waals surface area (Å²) in [6, 6.07) is 6.15. The van der Waals surface area contributed by atoms with Crippen molar-refractivity contribution in [1.82, 2.24) is 29.3 Å². The van der Waals surface area contributed by atoms with E-state index >= 15 is 0 Å². The Morgan fingerprint density at radius 3 is 2.30 bits per heavy atom. The quantitative estimate of drug-likeness (QED) is 0.247. The fraction of sp³-hybridized carbons (Fsp3) is 0.419. The second-order valence-electron chi connectivity index (χ2n) is 10.6. The molecule has 0 unspecified atom stereocenters. The molecule has 0 fully saturated rings. The Hall–Kier alpha value is -4.74. The van der Waals surface area contributed by atoms with Gasteiger partial charge in [0.05, 0.1) is 12.8 Å². The van der Waals surface area contributed by atoms with Crippen LogP contribution in [0.4, 0.5) is 11.8 Å². The predicted octanol–water partition coefficient (Wildman–Crippen LogP) is 4.26. The first-order valence-electron chi connectivity index (χ1n) is 14.4. The van der Waals surface area contributed by atoms with Gasteiger partial charge in [-0.15, -0.1) is 0 Å². The summed E-state index contributed by atoms with van der Waals surface area (Å²) in [5.74, 6) is 0.156. The summed E-state index contributed by atoms with van der Waals surface area (Å²) >= 11 is 0. The van der Waals surface area contributed by atoms with Crippen molar-refractivity contribution in [3.8, 4) is 28.1 Å². The smallest absolute Gasteiger partial charge is 0.326 e. The molecule has 0 spiro atoms. The number of anilines is 2. The number of methoxy groups -OCH3 is 1. The molecule has 2 N–H and O–H groups in total. The molecule has 1 aromatic carbocycles. The molecule has 228 valence electrons. The van der Waals surface area contributed by atoms with Crippen molar-refractivity contribution in [1.29, 1.82) is 0 Å². The first-order valence-corrected chi connectivity index (χ1v) is 14.4. The summed E-state index contributed by atoms with van der Waals surface area (Å²) in [6.45, 7) is 13.1. The van der Waals surface area contributed by atoms with E-state index in [0.29, 0.717) is 41.5 Å². The molecule has 0 saturated carbocycles. The number of carbonyl (C=O) groups is 1. The lowest BCUT2D eigenvalue weighted by atomic mass is 10.0. The molecule has 3 aromatic heterocycles. The van der Waals surface area contributed by atoms with Gasteiger partial charge in [0.15, 0.2) is 0 Å². The molecule has 12 heteroatoms. The number of carboxylic acids is 1. The van der Waals surface area contributed by atoms with Crippen molar-refractivity contribution in [3.05, 3.63) is 64.1 Å². The van der Waals surface area contributed by atoms with Crippen molar-refractivity contribution >= 4 is 17.7 Å². The van der Waals surface area contributed by atoms with E-state index in [1.807, 2.05) is 65.6 Å². The van der Waals surface area contributed by atoms with Crippen molar-refractivity contribution in [2.75, 3.05) is 30.4 Å². The number of rotatable bonds is 12. The van der Waals surface area contributed by atoms with E-state index in [1.165, 1.54) is 13.4 Å². The number of benzene rings is 1. The maximum absolute atomic E-state index is 13.2. The highest BCUT2D eigenvalue weighted by molar-refractivity contribution is 5.83. The van der Waals surface area contributed by atoms with E-state index < -0.39 is 12.0 Å². The van der Waals surface area contributed by atoms with E-state index in [2.05, 4.69) is 20.4 Å². The fourth-order valence-corrected chi connectivity index (χ4v) is 5.12. The zero-order chi connectivity index (χ0) is 31.4. The van der Waals surface area contributed by atoms with Gasteiger partial charge in [-0.1, -0.05) is 24.3 Å². The Bertz CT molecular complexity index is 1660. The number of nitrogens with zero attached hydrogens (tertiary/aromatic N) is 7. The normalized spacial score (nSPS) is 11.9. The van der Waals surface area contributed by atoms with Crippen LogP contribution in [0.5, 0.6) is 5.88 Å². The Balaban J connectivity index is 1.70. The van der Waals surface area contributed by atoms with Crippen LogP contribution in [0.2, 0.25) is 0 Å². The third kappa shape index (κ3) is 6.37. The summed E-state index contributed by atoms with van der Waals surface area (Å²) in [5, 5.41) is 18.0. The van der Waals surface area contributed by atoms with E-state index in [0.717, 1.165) is 22.5 Å². The summed E-state index contributed by atoms with van der Waals surface area (Å²) in [4.78, 5) is 41.5. The van der Waals surface area contributed by atoms with Gasteiger partial charge in [0.1, 0.15) is 23.8 Å². The van der Waals surface area contributed by atoms with Crippen molar-refractivity contribution in [2.24, 2.45) is 7.05 Å². The zero-order valence-corrected chi connectivity index (χ0v) is 26.0. The highest BCUT2D eigenvalue weighted by Crippen LogP contribution is 2.33. The third-order valence-corrected chi connectivity index (χ3v) is 7.60. The first kappa shape index (κ1) is 31.2. The standard InChI is InChI=1S/C31H40N8O4/c1-9-38(10-2)31-32-16-23(25-19(5)36-37(7)20(25)6)27(35-31)34-24(30(41)42)15-21-11-13-22(14-12-21)26-28(43-8)33-17-39(18(3)4)29(26)40/h11-14,16-18,24H,9-10,15H2,1-8H3,(H,41,42)(H,32,34,35)/t24-/m0/s1. The molecular weight excluding hydrogens is 548 g/mol.